The minimum atomic E-state index is -0.189. The van der Waals surface area contributed by atoms with Gasteiger partial charge in [0.1, 0.15) is 12.3 Å². The Labute approximate surface area is 129 Å². The van der Waals surface area contributed by atoms with Gasteiger partial charge in [-0.1, -0.05) is 11.6 Å². The van der Waals surface area contributed by atoms with Crippen LogP contribution in [0.4, 0.5) is 5.69 Å². The summed E-state index contributed by atoms with van der Waals surface area (Å²) in [6, 6.07) is 10.8. The Bertz CT molecular complexity index is 607. The van der Waals surface area contributed by atoms with Gasteiger partial charge < -0.3 is 14.6 Å². The largest absolute Gasteiger partial charge is 0.460 e. The minimum Gasteiger partial charge on any atom is -0.460 e. The molecule has 2 N–H and O–H groups in total. The zero-order valence-corrected chi connectivity index (χ0v) is 13.2. The number of halogens is 1. The number of rotatable bonds is 5. The predicted molar refractivity (Wildman–Crippen MR) is 83.6 cm³/mol. The third-order valence-electron chi connectivity index (χ3n) is 3.49. The molecule has 0 aliphatic heterocycles. The van der Waals surface area contributed by atoms with Crippen molar-refractivity contribution in [1.82, 2.24) is 0 Å². The van der Waals surface area contributed by atoms with E-state index in [1.807, 2.05) is 33.0 Å². The number of nitrogens with one attached hydrogen (secondary N) is 2. The maximum atomic E-state index is 12.2. The number of carbonyl (C=O) groups excluding carboxylic acids is 1. The molecule has 1 unspecified atom stereocenters. The first-order valence-corrected chi connectivity index (χ1v) is 7.27. The third kappa shape index (κ3) is 4.34. The van der Waals surface area contributed by atoms with Crippen LogP contribution in [0.3, 0.4) is 0 Å². The Hall–Kier alpha value is -1.78. The fourth-order valence-corrected chi connectivity index (χ4v) is 2.14. The van der Waals surface area contributed by atoms with Crippen LogP contribution in [0.1, 0.15) is 18.4 Å². The zero-order chi connectivity index (χ0) is 15.4. The third-order valence-corrected chi connectivity index (χ3v) is 3.75. The van der Waals surface area contributed by atoms with Crippen molar-refractivity contribution < 1.29 is 14.1 Å². The molecule has 21 heavy (non-hydrogen) atoms. The fourth-order valence-electron chi connectivity index (χ4n) is 2.02. The first-order valence-electron chi connectivity index (χ1n) is 6.90. The van der Waals surface area contributed by atoms with Gasteiger partial charge >= 0.3 is 0 Å². The van der Waals surface area contributed by atoms with Crippen molar-refractivity contribution in [3.63, 3.8) is 0 Å². The predicted octanol–water partition coefficient (Wildman–Crippen LogP) is 2.28. The van der Waals surface area contributed by atoms with Gasteiger partial charge in [0.05, 0.1) is 7.05 Å². The number of carbonyl (C=O) groups is 1. The second-order valence-electron chi connectivity index (χ2n) is 5.25. The molecule has 2 atom stereocenters. The van der Waals surface area contributed by atoms with Crippen LogP contribution < -0.4 is 10.2 Å². The van der Waals surface area contributed by atoms with Crippen molar-refractivity contribution in [3.8, 4) is 0 Å². The van der Waals surface area contributed by atoms with E-state index in [1.165, 1.54) is 0 Å². The van der Waals surface area contributed by atoms with Crippen LogP contribution in [-0.4, -0.2) is 19.0 Å². The summed E-state index contributed by atoms with van der Waals surface area (Å²) in [7, 11) is 1.98. The maximum Gasteiger partial charge on any atom is 0.282 e. The van der Waals surface area contributed by atoms with Gasteiger partial charge in [-0.05, 0) is 50.2 Å². The Morgan fingerprint density at radius 3 is 2.52 bits per heavy atom. The molecule has 0 radical (unpaired) electrons. The summed E-state index contributed by atoms with van der Waals surface area (Å²) in [5.41, 5.74) is 0.748. The molecule has 1 heterocycles. The number of likely N-dealkylation sites (N-methyl/N-ethyl adjacent to an activating group) is 1. The molecule has 2 aromatic rings. The van der Waals surface area contributed by atoms with Crippen LogP contribution in [0.5, 0.6) is 0 Å². The second-order valence-corrected chi connectivity index (χ2v) is 5.69. The van der Waals surface area contributed by atoms with Crippen LogP contribution in [0.15, 0.2) is 40.8 Å². The van der Waals surface area contributed by atoms with Crippen LogP contribution in [0.25, 0.3) is 0 Å². The van der Waals surface area contributed by atoms with Gasteiger partial charge in [0.2, 0.25) is 0 Å². The van der Waals surface area contributed by atoms with E-state index in [0.717, 1.165) is 22.1 Å². The average Bonchev–Trinajstić information content (AvgIpc) is 2.85. The van der Waals surface area contributed by atoms with Crippen LogP contribution >= 0.6 is 11.6 Å². The number of quaternary nitrogens is 1. The molecular formula is C16H20ClN2O2+. The van der Waals surface area contributed by atoms with Gasteiger partial charge in [0.15, 0.2) is 11.8 Å². The summed E-state index contributed by atoms with van der Waals surface area (Å²) in [6.45, 7) is 4.48. The summed E-state index contributed by atoms with van der Waals surface area (Å²) in [6.07, 6.45) is 0. The molecule has 5 heteroatoms. The lowest BCUT2D eigenvalue weighted by atomic mass is 10.2. The monoisotopic (exact) mass is 307 g/mol. The number of benzene rings is 1. The highest BCUT2D eigenvalue weighted by Crippen LogP contribution is 2.13. The van der Waals surface area contributed by atoms with Gasteiger partial charge in [0.25, 0.3) is 5.91 Å². The van der Waals surface area contributed by atoms with E-state index in [0.29, 0.717) is 11.6 Å². The van der Waals surface area contributed by atoms with Crippen molar-refractivity contribution >= 4 is 23.2 Å². The molecular weight excluding hydrogens is 288 g/mol. The van der Waals surface area contributed by atoms with E-state index in [-0.39, 0.29) is 11.9 Å². The molecule has 0 saturated carbocycles. The number of hydrogen-bond acceptors (Lipinski definition) is 2. The van der Waals surface area contributed by atoms with Crippen LogP contribution in [0.2, 0.25) is 5.02 Å². The van der Waals surface area contributed by atoms with Gasteiger partial charge in [0, 0.05) is 10.7 Å². The Morgan fingerprint density at radius 1 is 1.29 bits per heavy atom. The number of anilines is 1. The molecule has 4 nitrogen and oxygen atoms in total. The minimum absolute atomic E-state index is 0.0295. The normalized spacial score (nSPS) is 13.7. The second kappa shape index (κ2) is 6.78. The highest BCUT2D eigenvalue weighted by Gasteiger charge is 2.22. The van der Waals surface area contributed by atoms with E-state index < -0.39 is 0 Å². The number of furan rings is 1. The molecule has 0 aliphatic carbocycles. The van der Waals surface area contributed by atoms with Gasteiger partial charge in [-0.3, -0.25) is 4.79 Å². The van der Waals surface area contributed by atoms with E-state index in [2.05, 4.69) is 5.32 Å². The fraction of sp³-hybridized carbons (Fsp3) is 0.312. The van der Waals surface area contributed by atoms with Gasteiger partial charge in [-0.2, -0.15) is 0 Å². The first-order chi connectivity index (χ1) is 9.95. The Kier molecular flexibility index (Phi) is 5.04. The van der Waals surface area contributed by atoms with Crippen molar-refractivity contribution in [1.29, 1.82) is 0 Å². The van der Waals surface area contributed by atoms with E-state index in [9.17, 15) is 4.79 Å². The molecule has 0 spiro atoms. The van der Waals surface area contributed by atoms with Crippen LogP contribution in [-0.2, 0) is 11.3 Å². The standard InChI is InChI=1S/C16H19ClN2O2/c1-11-4-9-15(21-11)10-19(3)12(2)16(20)18-14-7-5-13(17)6-8-14/h4-9,12H,10H2,1-3H3,(H,18,20)/p+1/t12-/m1/s1. The highest BCUT2D eigenvalue weighted by molar-refractivity contribution is 6.30. The summed E-state index contributed by atoms with van der Waals surface area (Å²) in [5, 5.41) is 3.54. The first kappa shape index (κ1) is 15.6. The number of amides is 1. The smallest absolute Gasteiger partial charge is 0.282 e. The summed E-state index contributed by atoms with van der Waals surface area (Å²) in [4.78, 5) is 13.3. The molecule has 112 valence electrons. The van der Waals surface area contributed by atoms with Gasteiger partial charge in [-0.15, -0.1) is 0 Å². The summed E-state index contributed by atoms with van der Waals surface area (Å²) in [5.74, 6) is 1.74. The maximum absolute atomic E-state index is 12.2. The molecule has 2 rings (SSSR count). The quantitative estimate of drug-likeness (QED) is 0.890. The average molecular weight is 308 g/mol. The summed E-state index contributed by atoms with van der Waals surface area (Å²) >= 11 is 5.83. The Balaban J connectivity index is 1.93. The van der Waals surface area contributed by atoms with Crippen molar-refractivity contribution in [2.24, 2.45) is 0 Å². The van der Waals surface area contributed by atoms with E-state index in [1.54, 1.807) is 24.3 Å². The molecule has 0 aliphatic rings. The Morgan fingerprint density at radius 2 is 1.95 bits per heavy atom. The number of hydrogen-bond donors (Lipinski definition) is 2. The van der Waals surface area contributed by atoms with E-state index >= 15 is 0 Å². The van der Waals surface area contributed by atoms with Gasteiger partial charge in [-0.25, -0.2) is 0 Å². The lowest BCUT2D eigenvalue weighted by Crippen LogP contribution is -3.12. The van der Waals surface area contributed by atoms with Crippen LogP contribution in [0, 0.1) is 6.92 Å². The molecule has 0 bridgehead atoms. The molecule has 1 aromatic heterocycles. The molecule has 1 amide bonds. The van der Waals surface area contributed by atoms with E-state index in [4.69, 9.17) is 16.0 Å². The molecule has 0 fully saturated rings. The molecule has 0 saturated heterocycles. The lowest BCUT2D eigenvalue weighted by molar-refractivity contribution is -0.908. The SMILES string of the molecule is Cc1ccc(C[NH+](C)[C@H](C)C(=O)Nc2ccc(Cl)cc2)o1. The number of aryl methyl sites for hydroxylation is 1. The zero-order valence-electron chi connectivity index (χ0n) is 12.4. The topological polar surface area (TPSA) is 46.7 Å². The lowest BCUT2D eigenvalue weighted by Gasteiger charge is -2.20. The highest BCUT2D eigenvalue weighted by atomic mass is 35.5. The summed E-state index contributed by atoms with van der Waals surface area (Å²) < 4.78 is 5.55. The molecule has 1 aromatic carbocycles. The van der Waals surface area contributed by atoms with Crippen molar-refractivity contribution in [3.05, 3.63) is 52.9 Å². The van der Waals surface area contributed by atoms with Crippen molar-refractivity contribution in [2.45, 2.75) is 26.4 Å². The van der Waals surface area contributed by atoms with Crippen molar-refractivity contribution in [2.75, 3.05) is 12.4 Å².